The van der Waals surface area contributed by atoms with E-state index in [9.17, 15) is 4.79 Å². The molecular weight excluding hydrogens is 218 g/mol. The molecule has 16 heavy (non-hydrogen) atoms. The molecule has 0 saturated carbocycles. The molecule has 3 heteroatoms. The summed E-state index contributed by atoms with van der Waals surface area (Å²) >= 11 is 1.53. The normalized spacial score (nSPS) is 16.6. The third-order valence-corrected chi connectivity index (χ3v) is 3.66. The fourth-order valence-electron chi connectivity index (χ4n) is 1.77. The molecule has 0 spiro atoms. The standard InChI is InChI=1S/C11H15NOS.C2H6/c1-9-4-6-12(7-5-9)11(13)10-3-2-8-14-10;1-2/h2-3,8-9H,4-7H2,1H3;1-2H3. The van der Waals surface area contributed by atoms with Gasteiger partial charge < -0.3 is 4.90 Å². The molecule has 1 amide bonds. The van der Waals surface area contributed by atoms with Crippen LogP contribution in [0.3, 0.4) is 0 Å². The first-order valence-corrected chi connectivity index (χ1v) is 6.98. The van der Waals surface area contributed by atoms with E-state index in [1.54, 1.807) is 0 Å². The van der Waals surface area contributed by atoms with E-state index < -0.39 is 0 Å². The van der Waals surface area contributed by atoms with E-state index in [4.69, 9.17) is 0 Å². The zero-order chi connectivity index (χ0) is 12.0. The van der Waals surface area contributed by atoms with E-state index in [0.717, 1.165) is 36.7 Å². The quantitative estimate of drug-likeness (QED) is 0.732. The van der Waals surface area contributed by atoms with Gasteiger partial charge in [-0.15, -0.1) is 11.3 Å². The van der Waals surface area contributed by atoms with E-state index in [1.807, 2.05) is 36.3 Å². The van der Waals surface area contributed by atoms with Gasteiger partial charge in [0, 0.05) is 13.1 Å². The van der Waals surface area contributed by atoms with Crippen molar-refractivity contribution >= 4 is 17.2 Å². The minimum atomic E-state index is 0.215. The van der Waals surface area contributed by atoms with Crippen LogP contribution in [0.25, 0.3) is 0 Å². The van der Waals surface area contributed by atoms with Crippen LogP contribution in [0.15, 0.2) is 17.5 Å². The van der Waals surface area contributed by atoms with Gasteiger partial charge in [0.15, 0.2) is 0 Å². The smallest absolute Gasteiger partial charge is 0.263 e. The van der Waals surface area contributed by atoms with Crippen molar-refractivity contribution < 1.29 is 4.79 Å². The third-order valence-electron chi connectivity index (χ3n) is 2.80. The summed E-state index contributed by atoms with van der Waals surface area (Å²) in [5, 5.41) is 1.96. The molecule has 1 aromatic rings. The first-order valence-electron chi connectivity index (χ1n) is 6.10. The molecule has 0 aliphatic carbocycles. The molecule has 1 aliphatic rings. The monoisotopic (exact) mass is 239 g/mol. The number of hydrogen-bond acceptors (Lipinski definition) is 2. The van der Waals surface area contributed by atoms with Crippen molar-refractivity contribution in [3.8, 4) is 0 Å². The average molecular weight is 239 g/mol. The molecular formula is C13H21NOS. The van der Waals surface area contributed by atoms with Gasteiger partial charge in [0.05, 0.1) is 4.88 Å². The van der Waals surface area contributed by atoms with Crippen LogP contribution >= 0.6 is 11.3 Å². The van der Waals surface area contributed by atoms with Crippen LogP contribution in [0.2, 0.25) is 0 Å². The Hall–Kier alpha value is -0.830. The number of amides is 1. The van der Waals surface area contributed by atoms with Crippen LogP contribution in [-0.2, 0) is 0 Å². The van der Waals surface area contributed by atoms with Crippen molar-refractivity contribution in [3.05, 3.63) is 22.4 Å². The van der Waals surface area contributed by atoms with Crippen LogP contribution in [0.1, 0.15) is 43.3 Å². The van der Waals surface area contributed by atoms with Gasteiger partial charge in [0.2, 0.25) is 0 Å². The lowest BCUT2D eigenvalue weighted by Crippen LogP contribution is -2.37. The van der Waals surface area contributed by atoms with E-state index in [1.165, 1.54) is 11.3 Å². The number of nitrogens with zero attached hydrogens (tertiary/aromatic N) is 1. The number of likely N-dealkylation sites (tertiary alicyclic amines) is 1. The van der Waals surface area contributed by atoms with Crippen LogP contribution < -0.4 is 0 Å². The lowest BCUT2D eigenvalue weighted by molar-refractivity contribution is 0.0702. The summed E-state index contributed by atoms with van der Waals surface area (Å²) in [6, 6.07) is 3.84. The molecule has 0 unspecified atom stereocenters. The minimum absolute atomic E-state index is 0.215. The molecule has 0 bridgehead atoms. The summed E-state index contributed by atoms with van der Waals surface area (Å²) in [5.74, 6) is 0.995. The molecule has 0 radical (unpaired) electrons. The molecule has 1 aliphatic heterocycles. The molecule has 2 heterocycles. The Morgan fingerprint density at radius 2 is 2.00 bits per heavy atom. The number of thiophene rings is 1. The fourth-order valence-corrected chi connectivity index (χ4v) is 2.46. The summed E-state index contributed by atoms with van der Waals surface area (Å²) in [6.45, 7) is 8.11. The van der Waals surface area contributed by atoms with Crippen LogP contribution in [0.5, 0.6) is 0 Å². The Bertz CT molecular complexity index is 300. The van der Waals surface area contributed by atoms with Crippen molar-refractivity contribution in [2.45, 2.75) is 33.6 Å². The summed E-state index contributed by atoms with van der Waals surface area (Å²) in [5.41, 5.74) is 0. The second-order valence-corrected chi connectivity index (χ2v) is 4.90. The predicted octanol–water partition coefficient (Wildman–Crippen LogP) is 3.65. The fraction of sp³-hybridized carbons (Fsp3) is 0.615. The lowest BCUT2D eigenvalue weighted by atomic mass is 9.99. The summed E-state index contributed by atoms with van der Waals surface area (Å²) in [4.78, 5) is 14.8. The Morgan fingerprint density at radius 1 is 1.38 bits per heavy atom. The Balaban J connectivity index is 0.000000606. The molecule has 90 valence electrons. The van der Waals surface area contributed by atoms with Gasteiger partial charge in [0.25, 0.3) is 5.91 Å². The molecule has 1 aromatic heterocycles. The maximum absolute atomic E-state index is 11.9. The summed E-state index contributed by atoms with van der Waals surface area (Å²) in [6.07, 6.45) is 2.30. The Kier molecular flexibility index (Phi) is 5.53. The number of hydrogen-bond donors (Lipinski definition) is 0. The first-order chi connectivity index (χ1) is 7.77. The first kappa shape index (κ1) is 13.2. The Morgan fingerprint density at radius 3 is 2.50 bits per heavy atom. The van der Waals surface area contributed by atoms with Crippen molar-refractivity contribution in [2.24, 2.45) is 5.92 Å². The van der Waals surface area contributed by atoms with E-state index in [2.05, 4.69) is 6.92 Å². The van der Waals surface area contributed by atoms with Gasteiger partial charge >= 0.3 is 0 Å². The molecule has 1 saturated heterocycles. The van der Waals surface area contributed by atoms with Gasteiger partial charge in [0.1, 0.15) is 0 Å². The van der Waals surface area contributed by atoms with Gasteiger partial charge in [-0.2, -0.15) is 0 Å². The van der Waals surface area contributed by atoms with Crippen molar-refractivity contribution in [1.29, 1.82) is 0 Å². The molecule has 0 N–H and O–H groups in total. The third kappa shape index (κ3) is 3.34. The van der Waals surface area contributed by atoms with Gasteiger partial charge in [-0.25, -0.2) is 0 Å². The molecule has 0 atom stereocenters. The molecule has 2 rings (SSSR count). The predicted molar refractivity (Wildman–Crippen MR) is 70.0 cm³/mol. The largest absolute Gasteiger partial charge is 0.338 e. The van der Waals surface area contributed by atoms with Crippen LogP contribution in [0, 0.1) is 5.92 Å². The molecule has 0 aromatic carbocycles. The average Bonchev–Trinajstić information content (AvgIpc) is 2.85. The van der Waals surface area contributed by atoms with Gasteiger partial charge in [-0.3, -0.25) is 4.79 Å². The second-order valence-electron chi connectivity index (χ2n) is 3.95. The number of rotatable bonds is 1. The highest BCUT2D eigenvalue weighted by molar-refractivity contribution is 7.12. The van der Waals surface area contributed by atoms with Crippen LogP contribution in [-0.4, -0.2) is 23.9 Å². The van der Waals surface area contributed by atoms with Crippen LogP contribution in [0.4, 0.5) is 0 Å². The van der Waals surface area contributed by atoms with E-state index in [-0.39, 0.29) is 5.91 Å². The summed E-state index contributed by atoms with van der Waals surface area (Å²) in [7, 11) is 0. The number of carbonyl (C=O) groups excluding carboxylic acids is 1. The van der Waals surface area contributed by atoms with E-state index in [0.29, 0.717) is 0 Å². The SMILES string of the molecule is CC.CC1CCN(C(=O)c2cccs2)CC1. The highest BCUT2D eigenvalue weighted by atomic mass is 32.1. The maximum atomic E-state index is 11.9. The maximum Gasteiger partial charge on any atom is 0.263 e. The zero-order valence-corrected chi connectivity index (χ0v) is 11.2. The number of carbonyl (C=O) groups is 1. The lowest BCUT2D eigenvalue weighted by Gasteiger charge is -2.29. The van der Waals surface area contributed by atoms with Crippen molar-refractivity contribution in [2.75, 3.05) is 13.1 Å². The van der Waals surface area contributed by atoms with Crippen molar-refractivity contribution in [1.82, 2.24) is 4.90 Å². The van der Waals surface area contributed by atoms with Gasteiger partial charge in [-0.05, 0) is 30.2 Å². The van der Waals surface area contributed by atoms with E-state index >= 15 is 0 Å². The van der Waals surface area contributed by atoms with Gasteiger partial charge in [-0.1, -0.05) is 26.8 Å². The highest BCUT2D eigenvalue weighted by Crippen LogP contribution is 2.19. The molecule has 2 nitrogen and oxygen atoms in total. The topological polar surface area (TPSA) is 20.3 Å². The summed E-state index contributed by atoms with van der Waals surface area (Å²) < 4.78 is 0. The number of piperidine rings is 1. The zero-order valence-electron chi connectivity index (χ0n) is 10.4. The minimum Gasteiger partial charge on any atom is -0.338 e. The highest BCUT2D eigenvalue weighted by Gasteiger charge is 2.21. The second kappa shape index (κ2) is 6.69. The Labute approximate surface area is 102 Å². The molecule has 1 fully saturated rings. The van der Waals surface area contributed by atoms with Crippen molar-refractivity contribution in [3.63, 3.8) is 0 Å².